The lowest BCUT2D eigenvalue weighted by atomic mass is 9.82. The molecule has 1 unspecified atom stereocenters. The number of aliphatic hydroxyl groups is 2. The van der Waals surface area contributed by atoms with Crippen molar-refractivity contribution in [3.05, 3.63) is 99.4 Å². The minimum Gasteiger partial charge on any atom is -0.494 e. The van der Waals surface area contributed by atoms with Crippen molar-refractivity contribution in [1.29, 1.82) is 0 Å². The highest BCUT2D eigenvalue weighted by Gasteiger charge is 2.66. The highest BCUT2D eigenvalue weighted by Crippen LogP contribution is 2.60. The molecule has 16 nitrogen and oxygen atoms in total. The van der Waals surface area contributed by atoms with Gasteiger partial charge in [0, 0.05) is 67.2 Å². The number of aromatic nitrogens is 3. The molecule has 5 atom stereocenters. The molecule has 17 heteroatoms. The number of aliphatic hydroxyl groups excluding tert-OH is 2. The third-order valence-electron chi connectivity index (χ3n) is 11.8. The predicted octanol–water partition coefficient (Wildman–Crippen LogP) is 4.51. The molecule has 3 aliphatic rings. The average molecular weight is 828 g/mol. The number of benzene rings is 3. The van der Waals surface area contributed by atoms with Crippen molar-refractivity contribution in [2.45, 2.75) is 95.4 Å². The maximum Gasteiger partial charge on any atom is 0.269 e. The molecule has 4 N–H and O–H groups in total. The summed E-state index contributed by atoms with van der Waals surface area (Å²) in [6.07, 6.45) is 3.81. The molecule has 59 heavy (non-hydrogen) atoms. The average Bonchev–Trinajstić information content (AvgIpc) is 3.85. The third kappa shape index (κ3) is 8.14. The fraction of sp³-hybridized carbons (Fsp3) is 0.476. The van der Waals surface area contributed by atoms with E-state index in [9.17, 15) is 29.9 Å². The zero-order valence-corrected chi connectivity index (χ0v) is 34.9. The normalized spacial score (nSPS) is 22.6. The number of rotatable bonds is 17. The van der Waals surface area contributed by atoms with Crippen LogP contribution in [0.1, 0.15) is 55.5 Å². The molecule has 0 bridgehead atoms. The van der Waals surface area contributed by atoms with E-state index >= 15 is 4.79 Å². The quantitative estimate of drug-likeness (QED) is 0.0503. The largest absolute Gasteiger partial charge is 0.494 e. The Hall–Kier alpha value is -5.04. The van der Waals surface area contributed by atoms with E-state index in [1.54, 1.807) is 26.7 Å². The van der Waals surface area contributed by atoms with E-state index in [-0.39, 0.29) is 37.3 Å². The number of anilines is 3. The van der Waals surface area contributed by atoms with Crippen LogP contribution in [0.2, 0.25) is 18.6 Å². The number of nitrogens with zero attached hydrogens (tertiary/aromatic N) is 6. The van der Waals surface area contributed by atoms with Crippen LogP contribution in [0.15, 0.2) is 66.9 Å². The van der Waals surface area contributed by atoms with Gasteiger partial charge in [-0.2, -0.15) is 0 Å². The maximum atomic E-state index is 15.0. The van der Waals surface area contributed by atoms with Crippen LogP contribution in [-0.2, 0) is 45.9 Å². The van der Waals surface area contributed by atoms with Crippen LogP contribution in [0.4, 0.5) is 22.7 Å². The predicted molar refractivity (Wildman–Crippen MR) is 222 cm³/mol. The Morgan fingerprint density at radius 1 is 1.05 bits per heavy atom. The molecule has 0 radical (unpaired) electrons. The number of hydrogen-bond acceptors (Lipinski definition) is 12. The number of nitro benzene ring substituents is 1. The summed E-state index contributed by atoms with van der Waals surface area (Å²) in [4.78, 5) is 55.7. The van der Waals surface area contributed by atoms with E-state index in [0.29, 0.717) is 68.0 Å². The van der Waals surface area contributed by atoms with Crippen LogP contribution < -0.4 is 19.9 Å². The Kier molecular flexibility index (Phi) is 12.3. The molecule has 314 valence electrons. The standard InChI is InChI=1S/C42H53N7O9Si/c1-5-57-33-13-15-36-29(22-33)23-35(43-18-6-7-20-50)40(52)48(36)31-10-8-28(9-11-31)25-47-37-14-12-32(49(54)55)24-34(37)42(41(47)53)27(2)39(59(3,4)56)38(58-42)16-19-46-26-30(17-21-51)44-45-46/h8-15,22,24,26-27,35,38-39,43,50-51,56H,5-7,16-21,23,25H2,1-4H3/t27-,35?,38+,39-,42+/m0/s1. The first-order valence-electron chi connectivity index (χ1n) is 20.3. The van der Waals surface area contributed by atoms with Crippen LogP contribution in [0, 0.1) is 16.0 Å². The van der Waals surface area contributed by atoms with Gasteiger partial charge >= 0.3 is 0 Å². The van der Waals surface area contributed by atoms with Gasteiger partial charge in [-0.15, -0.1) is 5.10 Å². The van der Waals surface area contributed by atoms with Gasteiger partial charge in [-0.3, -0.25) is 29.3 Å². The van der Waals surface area contributed by atoms with E-state index in [1.807, 2.05) is 69.4 Å². The van der Waals surface area contributed by atoms with Crippen molar-refractivity contribution in [2.24, 2.45) is 5.92 Å². The van der Waals surface area contributed by atoms with Crippen LogP contribution in [-0.4, -0.2) is 93.6 Å². The second-order valence-electron chi connectivity index (χ2n) is 16.2. The number of fused-ring (bicyclic) bond motifs is 3. The third-order valence-corrected chi connectivity index (χ3v) is 14.3. The topological polar surface area (TPSA) is 206 Å². The Labute approximate surface area is 344 Å². The van der Waals surface area contributed by atoms with Crippen molar-refractivity contribution >= 4 is 42.9 Å². The number of amides is 2. The van der Waals surface area contributed by atoms with Gasteiger partial charge in [0.2, 0.25) is 5.91 Å². The lowest BCUT2D eigenvalue weighted by Gasteiger charge is -2.35. The summed E-state index contributed by atoms with van der Waals surface area (Å²) >= 11 is 0. The molecule has 7 rings (SSSR count). The monoisotopic (exact) mass is 827 g/mol. The van der Waals surface area contributed by atoms with Crippen molar-refractivity contribution < 1.29 is 39.0 Å². The first-order valence-corrected chi connectivity index (χ1v) is 23.4. The van der Waals surface area contributed by atoms with Crippen LogP contribution >= 0.6 is 0 Å². The van der Waals surface area contributed by atoms with Crippen molar-refractivity contribution in [3.63, 3.8) is 0 Å². The van der Waals surface area contributed by atoms with E-state index in [2.05, 4.69) is 15.6 Å². The van der Waals surface area contributed by atoms with Gasteiger partial charge in [-0.25, -0.2) is 0 Å². The first-order chi connectivity index (χ1) is 28.3. The molecule has 4 heterocycles. The lowest BCUT2D eigenvalue weighted by molar-refractivity contribution is -0.385. The second kappa shape index (κ2) is 17.3. The number of ether oxygens (including phenoxy) is 2. The van der Waals surface area contributed by atoms with Gasteiger partial charge in [-0.1, -0.05) is 24.3 Å². The molecule has 1 aromatic heterocycles. The van der Waals surface area contributed by atoms with Gasteiger partial charge in [0.25, 0.3) is 11.6 Å². The molecule has 0 saturated carbocycles. The zero-order valence-electron chi connectivity index (χ0n) is 33.9. The van der Waals surface area contributed by atoms with Gasteiger partial charge in [0.05, 0.1) is 47.3 Å². The summed E-state index contributed by atoms with van der Waals surface area (Å²) in [7, 11) is -3.01. The van der Waals surface area contributed by atoms with E-state index in [4.69, 9.17) is 9.47 Å². The number of nitro groups is 1. The minimum absolute atomic E-state index is 0.0563. The van der Waals surface area contributed by atoms with Crippen molar-refractivity contribution in [2.75, 3.05) is 36.2 Å². The SMILES string of the molecule is CCOc1ccc2c(c1)CC(NCCCCO)C(=O)N2c1ccc(CN2C(=O)[C@]3(O[C@H](CCn4cc(CCO)nn4)[C@@H]([Si](C)(C)O)[C@@H]3C)c3cc([N+](=O)[O-])ccc32)cc1. The van der Waals surface area contributed by atoms with Crippen LogP contribution in [0.5, 0.6) is 5.75 Å². The summed E-state index contributed by atoms with van der Waals surface area (Å²) in [6, 6.07) is 17.1. The van der Waals surface area contributed by atoms with Crippen molar-refractivity contribution in [3.8, 4) is 5.75 Å². The van der Waals surface area contributed by atoms with E-state index < -0.39 is 42.4 Å². The summed E-state index contributed by atoms with van der Waals surface area (Å²) in [5.74, 6) is -0.271. The fourth-order valence-corrected chi connectivity index (χ4v) is 11.8. The van der Waals surface area contributed by atoms with Crippen LogP contribution in [0.3, 0.4) is 0 Å². The van der Waals surface area contributed by atoms with E-state index in [0.717, 1.165) is 29.0 Å². The Morgan fingerprint density at radius 3 is 2.51 bits per heavy atom. The smallest absolute Gasteiger partial charge is 0.269 e. The van der Waals surface area contributed by atoms with Crippen LogP contribution in [0.25, 0.3) is 0 Å². The number of carbonyl (C=O) groups is 2. The number of nitrogens with one attached hydrogen (secondary N) is 1. The molecule has 1 fully saturated rings. The first kappa shape index (κ1) is 42.1. The molecular formula is C42H53N7O9Si. The summed E-state index contributed by atoms with van der Waals surface area (Å²) in [5.41, 5.74) is 2.51. The molecule has 4 aromatic rings. The Balaban J connectivity index is 1.18. The lowest BCUT2D eigenvalue weighted by Crippen LogP contribution is -2.49. The molecule has 0 aliphatic carbocycles. The maximum absolute atomic E-state index is 15.0. The number of unbranched alkanes of at least 4 members (excludes halogenated alkanes) is 1. The zero-order chi connectivity index (χ0) is 42.1. The van der Waals surface area contributed by atoms with Gasteiger partial charge in [0.1, 0.15) is 5.75 Å². The number of hydrogen-bond donors (Lipinski definition) is 4. The summed E-state index contributed by atoms with van der Waals surface area (Å²) < 4.78 is 14.3. The molecule has 3 aliphatic heterocycles. The second-order valence-corrected chi connectivity index (χ2v) is 20.1. The molecule has 2 amide bonds. The molecule has 1 spiro atoms. The van der Waals surface area contributed by atoms with Crippen molar-refractivity contribution in [1.82, 2.24) is 20.3 Å². The minimum atomic E-state index is -3.01. The van der Waals surface area contributed by atoms with E-state index in [1.165, 1.54) is 12.1 Å². The molecule has 1 saturated heterocycles. The molecular weight excluding hydrogens is 775 g/mol. The van der Waals surface area contributed by atoms with Gasteiger partial charge in [-0.05, 0) is 99.8 Å². The Bertz CT molecular complexity index is 2180. The number of carbonyl (C=O) groups excluding carboxylic acids is 2. The summed E-state index contributed by atoms with van der Waals surface area (Å²) in [5, 5.41) is 42.3. The van der Waals surface area contributed by atoms with Gasteiger partial charge in [0.15, 0.2) is 13.9 Å². The highest BCUT2D eigenvalue weighted by atomic mass is 28.4. The fourth-order valence-electron chi connectivity index (χ4n) is 9.20. The highest BCUT2D eigenvalue weighted by molar-refractivity contribution is 6.71. The number of non-ortho nitro benzene ring substituents is 1. The van der Waals surface area contributed by atoms with Gasteiger partial charge < -0.3 is 34.7 Å². The summed E-state index contributed by atoms with van der Waals surface area (Å²) in [6.45, 7) is 9.10. The number of aryl methyl sites for hydroxylation is 1. The molecule has 3 aromatic carbocycles. The Morgan fingerprint density at radius 2 is 1.81 bits per heavy atom.